The zero-order chi connectivity index (χ0) is 16.7. The van der Waals surface area contributed by atoms with Gasteiger partial charge in [-0.15, -0.1) is 0 Å². The van der Waals surface area contributed by atoms with E-state index in [0.29, 0.717) is 23.5 Å². The number of anilines is 1. The average Bonchev–Trinajstić information content (AvgIpc) is 3.02. The predicted octanol–water partition coefficient (Wildman–Crippen LogP) is 1.12. The number of aliphatic hydroxyl groups excluding tert-OH is 1. The first kappa shape index (κ1) is 14.7. The molecule has 8 nitrogen and oxygen atoms in total. The lowest BCUT2D eigenvalue weighted by molar-refractivity contribution is 0.275. The first-order valence-electron chi connectivity index (χ1n) is 7.63. The van der Waals surface area contributed by atoms with Gasteiger partial charge in [-0.05, 0) is 6.07 Å². The number of nitrogens with zero attached hydrogens (tertiary/aromatic N) is 4. The third-order valence-electron chi connectivity index (χ3n) is 4.38. The fourth-order valence-electron chi connectivity index (χ4n) is 3.14. The van der Waals surface area contributed by atoms with Crippen LogP contribution in [0.5, 0.6) is 11.5 Å². The fraction of sp³-hybridized carbons (Fsp3) is 0.312. The van der Waals surface area contributed by atoms with Gasteiger partial charge in [0.1, 0.15) is 12.1 Å². The van der Waals surface area contributed by atoms with Crippen LogP contribution >= 0.6 is 0 Å². The molecule has 1 aliphatic rings. The van der Waals surface area contributed by atoms with Crippen molar-refractivity contribution in [3.63, 3.8) is 0 Å². The zero-order valence-corrected chi connectivity index (χ0v) is 13.2. The van der Waals surface area contributed by atoms with Crippen molar-refractivity contribution < 1.29 is 14.9 Å². The van der Waals surface area contributed by atoms with E-state index < -0.39 is 0 Å². The molecule has 0 unspecified atom stereocenters. The van der Waals surface area contributed by atoms with Crippen molar-refractivity contribution in [2.24, 2.45) is 0 Å². The van der Waals surface area contributed by atoms with E-state index in [1.54, 1.807) is 12.1 Å². The monoisotopic (exact) mass is 327 g/mol. The number of nitrogens with one attached hydrogen (secondary N) is 1. The van der Waals surface area contributed by atoms with Gasteiger partial charge in [0.05, 0.1) is 24.9 Å². The highest BCUT2D eigenvalue weighted by molar-refractivity contribution is 5.92. The van der Waals surface area contributed by atoms with Gasteiger partial charge in [0.15, 0.2) is 11.5 Å². The summed E-state index contributed by atoms with van der Waals surface area (Å²) in [5.41, 5.74) is 3.40. The van der Waals surface area contributed by atoms with E-state index in [-0.39, 0.29) is 12.4 Å². The van der Waals surface area contributed by atoms with Gasteiger partial charge in [-0.2, -0.15) is 5.10 Å². The smallest absolute Gasteiger partial charge is 0.161 e. The summed E-state index contributed by atoms with van der Waals surface area (Å²) in [6.45, 7) is 1.29. The number of aromatic amines is 1. The average molecular weight is 327 g/mol. The molecule has 1 aromatic carbocycles. The van der Waals surface area contributed by atoms with Gasteiger partial charge >= 0.3 is 0 Å². The quantitative estimate of drug-likeness (QED) is 0.661. The van der Waals surface area contributed by atoms with E-state index in [4.69, 9.17) is 4.74 Å². The lowest BCUT2D eigenvalue weighted by atomic mass is 10.0. The molecule has 0 aliphatic carbocycles. The number of phenols is 1. The molecule has 124 valence electrons. The summed E-state index contributed by atoms with van der Waals surface area (Å²) >= 11 is 0. The number of benzene rings is 1. The van der Waals surface area contributed by atoms with E-state index in [0.717, 1.165) is 35.4 Å². The van der Waals surface area contributed by atoms with E-state index in [1.165, 1.54) is 13.4 Å². The molecule has 0 atom stereocenters. The number of ether oxygens (including phenoxy) is 1. The molecule has 0 bridgehead atoms. The summed E-state index contributed by atoms with van der Waals surface area (Å²) in [5.74, 6) is 1.21. The van der Waals surface area contributed by atoms with Crippen LogP contribution in [0.1, 0.15) is 17.0 Å². The molecule has 24 heavy (non-hydrogen) atoms. The fourth-order valence-corrected chi connectivity index (χ4v) is 3.14. The standard InChI is InChI=1S/C16H17N5O3/c1-24-15-4-9-12(5-14(15)23)17-8-18-16(9)21-3-2-11-10(6-21)13(7-22)20-19-11/h4-5,8,22-23H,2-3,6-7H2,1H3,(H,19,20). The summed E-state index contributed by atoms with van der Waals surface area (Å²) < 4.78 is 5.20. The Kier molecular flexibility index (Phi) is 3.46. The second-order valence-corrected chi connectivity index (χ2v) is 5.70. The maximum atomic E-state index is 9.94. The Balaban J connectivity index is 1.79. The normalized spacial score (nSPS) is 14.0. The Morgan fingerprint density at radius 3 is 3.00 bits per heavy atom. The third kappa shape index (κ3) is 2.23. The molecule has 0 radical (unpaired) electrons. The number of hydrogen-bond donors (Lipinski definition) is 3. The molecular formula is C16H17N5O3. The van der Waals surface area contributed by atoms with Gasteiger partial charge in [0.2, 0.25) is 0 Å². The molecule has 0 saturated heterocycles. The number of aromatic hydroxyl groups is 1. The topological polar surface area (TPSA) is 107 Å². The Morgan fingerprint density at radius 1 is 1.33 bits per heavy atom. The van der Waals surface area contributed by atoms with Crippen LogP contribution in [-0.4, -0.2) is 44.0 Å². The van der Waals surface area contributed by atoms with Gasteiger partial charge in [-0.3, -0.25) is 5.10 Å². The summed E-state index contributed by atoms with van der Waals surface area (Å²) in [5, 5.41) is 27.3. The maximum absolute atomic E-state index is 9.94. The summed E-state index contributed by atoms with van der Waals surface area (Å²) in [6.07, 6.45) is 2.28. The van der Waals surface area contributed by atoms with Crippen molar-refractivity contribution in [1.82, 2.24) is 20.2 Å². The number of phenolic OH excluding ortho intramolecular Hbond substituents is 1. The molecule has 0 fully saturated rings. The lowest BCUT2D eigenvalue weighted by Crippen LogP contribution is -2.31. The van der Waals surface area contributed by atoms with Crippen molar-refractivity contribution in [2.45, 2.75) is 19.6 Å². The highest BCUT2D eigenvalue weighted by atomic mass is 16.5. The van der Waals surface area contributed by atoms with E-state index in [9.17, 15) is 10.2 Å². The van der Waals surface area contributed by atoms with Crippen LogP contribution in [0.4, 0.5) is 5.82 Å². The Labute approximate surface area is 137 Å². The van der Waals surface area contributed by atoms with Crippen LogP contribution < -0.4 is 9.64 Å². The minimum absolute atomic E-state index is 0.0491. The number of hydrogen-bond acceptors (Lipinski definition) is 7. The Morgan fingerprint density at radius 2 is 2.21 bits per heavy atom. The Hall–Kier alpha value is -2.87. The van der Waals surface area contributed by atoms with Crippen LogP contribution in [0.15, 0.2) is 18.5 Å². The molecule has 3 aromatic rings. The molecule has 8 heteroatoms. The number of H-pyrrole nitrogens is 1. The minimum atomic E-state index is -0.0914. The molecule has 1 aliphatic heterocycles. The SMILES string of the molecule is COc1cc2c(N3CCc4[nH]nc(CO)c4C3)ncnc2cc1O. The van der Waals surface area contributed by atoms with Crippen molar-refractivity contribution in [1.29, 1.82) is 0 Å². The van der Waals surface area contributed by atoms with Gasteiger partial charge in [-0.1, -0.05) is 0 Å². The first-order chi connectivity index (χ1) is 11.7. The second-order valence-electron chi connectivity index (χ2n) is 5.70. The first-order valence-corrected chi connectivity index (χ1v) is 7.63. The van der Waals surface area contributed by atoms with Gasteiger partial charge in [-0.25, -0.2) is 9.97 Å². The van der Waals surface area contributed by atoms with E-state index in [2.05, 4.69) is 25.1 Å². The van der Waals surface area contributed by atoms with Crippen molar-refractivity contribution in [3.8, 4) is 11.5 Å². The third-order valence-corrected chi connectivity index (χ3v) is 4.38. The maximum Gasteiger partial charge on any atom is 0.161 e. The predicted molar refractivity (Wildman–Crippen MR) is 87.0 cm³/mol. The van der Waals surface area contributed by atoms with Gasteiger partial charge < -0.3 is 19.8 Å². The molecule has 3 heterocycles. The second kappa shape index (κ2) is 5.64. The van der Waals surface area contributed by atoms with E-state index in [1.807, 2.05) is 0 Å². The number of aliphatic hydroxyl groups is 1. The molecule has 3 N–H and O–H groups in total. The van der Waals surface area contributed by atoms with Crippen molar-refractivity contribution in [2.75, 3.05) is 18.6 Å². The van der Waals surface area contributed by atoms with Crippen LogP contribution in [0.25, 0.3) is 10.9 Å². The van der Waals surface area contributed by atoms with Crippen molar-refractivity contribution in [3.05, 3.63) is 35.4 Å². The van der Waals surface area contributed by atoms with Crippen LogP contribution in [0.3, 0.4) is 0 Å². The highest BCUT2D eigenvalue weighted by Crippen LogP contribution is 2.35. The van der Waals surface area contributed by atoms with Gasteiger partial charge in [0, 0.05) is 42.2 Å². The molecule has 0 saturated carbocycles. The summed E-state index contributed by atoms with van der Waals surface area (Å²) in [6, 6.07) is 3.32. The zero-order valence-electron chi connectivity index (χ0n) is 13.2. The minimum Gasteiger partial charge on any atom is -0.504 e. The van der Waals surface area contributed by atoms with Crippen LogP contribution in [0, 0.1) is 0 Å². The number of rotatable bonds is 3. The molecular weight excluding hydrogens is 310 g/mol. The van der Waals surface area contributed by atoms with Crippen LogP contribution in [0.2, 0.25) is 0 Å². The number of methoxy groups -OCH3 is 1. The van der Waals surface area contributed by atoms with Crippen LogP contribution in [-0.2, 0) is 19.6 Å². The molecule has 2 aromatic heterocycles. The van der Waals surface area contributed by atoms with Crippen molar-refractivity contribution >= 4 is 16.7 Å². The summed E-state index contributed by atoms with van der Waals surface area (Å²) in [7, 11) is 1.51. The summed E-state index contributed by atoms with van der Waals surface area (Å²) in [4.78, 5) is 10.8. The molecule has 4 rings (SSSR count). The largest absolute Gasteiger partial charge is 0.504 e. The highest BCUT2D eigenvalue weighted by Gasteiger charge is 2.24. The molecule has 0 spiro atoms. The lowest BCUT2D eigenvalue weighted by Gasteiger charge is -2.29. The van der Waals surface area contributed by atoms with E-state index >= 15 is 0 Å². The molecule has 0 amide bonds. The number of fused-ring (bicyclic) bond motifs is 2. The number of aromatic nitrogens is 4. The Bertz CT molecular complexity index is 895. The van der Waals surface area contributed by atoms with Gasteiger partial charge in [0.25, 0.3) is 0 Å².